The quantitative estimate of drug-likeness (QED) is 0.525. The molecule has 0 aliphatic heterocycles. The maximum Gasteiger partial charge on any atom is 0.222 e. The molecule has 0 aromatic carbocycles. The number of carbonyl (C=O) groups excluding carboxylic acids is 1. The predicted octanol–water partition coefficient (Wildman–Crippen LogP) is 2.23. The standard InChI is InChI=1S/C15H30N2O2/c1-13(2)19-12-9-15(18)17-11-10-16-14-7-5-3-4-6-8-14/h13-14,16H,3-12H2,1-2H3,(H,17,18). The van der Waals surface area contributed by atoms with E-state index in [1.807, 2.05) is 13.8 Å². The molecule has 0 saturated heterocycles. The van der Waals surface area contributed by atoms with E-state index in [0.717, 1.165) is 13.1 Å². The van der Waals surface area contributed by atoms with E-state index in [2.05, 4.69) is 10.6 Å². The molecule has 0 unspecified atom stereocenters. The Morgan fingerprint density at radius 2 is 1.84 bits per heavy atom. The smallest absolute Gasteiger partial charge is 0.222 e. The van der Waals surface area contributed by atoms with Gasteiger partial charge in [0.2, 0.25) is 5.91 Å². The minimum Gasteiger partial charge on any atom is -0.378 e. The molecule has 0 radical (unpaired) electrons. The van der Waals surface area contributed by atoms with Crippen molar-refractivity contribution in [2.45, 2.75) is 70.9 Å². The van der Waals surface area contributed by atoms with Gasteiger partial charge in [-0.15, -0.1) is 0 Å². The molecular weight excluding hydrogens is 240 g/mol. The zero-order chi connectivity index (χ0) is 13.9. The molecule has 112 valence electrons. The molecular formula is C15H30N2O2. The van der Waals surface area contributed by atoms with Gasteiger partial charge in [-0.25, -0.2) is 0 Å². The van der Waals surface area contributed by atoms with Gasteiger partial charge in [0.25, 0.3) is 0 Å². The van der Waals surface area contributed by atoms with Crippen LogP contribution in [0.2, 0.25) is 0 Å². The fourth-order valence-corrected chi connectivity index (χ4v) is 2.44. The van der Waals surface area contributed by atoms with Gasteiger partial charge in [-0.2, -0.15) is 0 Å². The molecule has 0 bridgehead atoms. The summed E-state index contributed by atoms with van der Waals surface area (Å²) in [6.45, 7) is 6.07. The Bertz CT molecular complexity index is 236. The largest absolute Gasteiger partial charge is 0.378 e. The summed E-state index contributed by atoms with van der Waals surface area (Å²) in [6, 6.07) is 0.656. The van der Waals surface area contributed by atoms with Gasteiger partial charge in [-0.1, -0.05) is 25.7 Å². The van der Waals surface area contributed by atoms with Crippen molar-refractivity contribution in [2.75, 3.05) is 19.7 Å². The summed E-state index contributed by atoms with van der Waals surface area (Å²) in [5, 5.41) is 6.48. The lowest BCUT2D eigenvalue weighted by Gasteiger charge is -2.16. The first kappa shape index (κ1) is 16.4. The molecule has 1 rings (SSSR count). The van der Waals surface area contributed by atoms with Crippen molar-refractivity contribution in [3.05, 3.63) is 0 Å². The van der Waals surface area contributed by atoms with Crippen LogP contribution in [0.5, 0.6) is 0 Å². The summed E-state index contributed by atoms with van der Waals surface area (Å²) >= 11 is 0. The first-order valence-electron chi connectivity index (χ1n) is 7.80. The highest BCUT2D eigenvalue weighted by atomic mass is 16.5. The second-order valence-corrected chi connectivity index (χ2v) is 5.66. The Morgan fingerprint density at radius 1 is 1.16 bits per heavy atom. The number of hydrogen-bond donors (Lipinski definition) is 2. The van der Waals surface area contributed by atoms with Crippen LogP contribution in [0.1, 0.15) is 58.8 Å². The van der Waals surface area contributed by atoms with E-state index < -0.39 is 0 Å². The van der Waals surface area contributed by atoms with Crippen molar-refractivity contribution in [1.29, 1.82) is 0 Å². The summed E-state index contributed by atoms with van der Waals surface area (Å²) in [4.78, 5) is 11.5. The molecule has 0 spiro atoms. The van der Waals surface area contributed by atoms with E-state index >= 15 is 0 Å². The van der Waals surface area contributed by atoms with Crippen LogP contribution in [0.3, 0.4) is 0 Å². The molecule has 4 heteroatoms. The second-order valence-electron chi connectivity index (χ2n) is 5.66. The van der Waals surface area contributed by atoms with Gasteiger partial charge in [0.05, 0.1) is 12.7 Å². The maximum atomic E-state index is 11.5. The third kappa shape index (κ3) is 9.00. The highest BCUT2D eigenvalue weighted by Crippen LogP contribution is 2.16. The summed E-state index contributed by atoms with van der Waals surface area (Å²) in [7, 11) is 0. The van der Waals surface area contributed by atoms with Gasteiger partial charge in [0, 0.05) is 25.6 Å². The van der Waals surface area contributed by atoms with Gasteiger partial charge in [-0.05, 0) is 26.7 Å². The van der Waals surface area contributed by atoms with Gasteiger partial charge in [-0.3, -0.25) is 4.79 Å². The van der Waals surface area contributed by atoms with Crippen LogP contribution in [0.25, 0.3) is 0 Å². The summed E-state index contributed by atoms with van der Waals surface area (Å²) in [6.07, 6.45) is 8.68. The van der Waals surface area contributed by atoms with Gasteiger partial charge in [0.1, 0.15) is 0 Å². The Labute approximate surface area is 117 Å². The number of carbonyl (C=O) groups is 1. The second kappa shape index (κ2) is 10.2. The van der Waals surface area contributed by atoms with Crippen LogP contribution in [0.4, 0.5) is 0 Å². The highest BCUT2D eigenvalue weighted by Gasteiger charge is 2.10. The molecule has 1 aliphatic carbocycles. The Morgan fingerprint density at radius 3 is 2.47 bits per heavy atom. The van der Waals surface area contributed by atoms with Crippen molar-refractivity contribution >= 4 is 5.91 Å². The van der Waals surface area contributed by atoms with Crippen LogP contribution in [0, 0.1) is 0 Å². The van der Waals surface area contributed by atoms with E-state index in [4.69, 9.17) is 4.74 Å². The zero-order valence-electron chi connectivity index (χ0n) is 12.5. The van der Waals surface area contributed by atoms with E-state index in [1.54, 1.807) is 0 Å². The molecule has 0 atom stereocenters. The van der Waals surface area contributed by atoms with E-state index in [1.165, 1.54) is 38.5 Å². The third-order valence-corrected chi connectivity index (χ3v) is 3.52. The summed E-state index contributed by atoms with van der Waals surface area (Å²) in [5.74, 6) is 0.0864. The fourth-order valence-electron chi connectivity index (χ4n) is 2.44. The minimum absolute atomic E-state index is 0.0864. The lowest BCUT2D eigenvalue weighted by atomic mass is 10.1. The van der Waals surface area contributed by atoms with Crippen LogP contribution in [0.15, 0.2) is 0 Å². The Balaban J connectivity index is 1.95. The normalized spacial score (nSPS) is 17.4. The highest BCUT2D eigenvalue weighted by molar-refractivity contribution is 5.75. The van der Waals surface area contributed by atoms with Crippen molar-refractivity contribution < 1.29 is 9.53 Å². The molecule has 1 aliphatic rings. The molecule has 1 saturated carbocycles. The number of nitrogens with one attached hydrogen (secondary N) is 2. The predicted molar refractivity (Wildman–Crippen MR) is 78.2 cm³/mol. The average molecular weight is 270 g/mol. The summed E-state index contributed by atoms with van der Waals surface area (Å²) in [5.41, 5.74) is 0. The fraction of sp³-hybridized carbons (Fsp3) is 0.933. The molecule has 0 aromatic rings. The SMILES string of the molecule is CC(C)OCCC(=O)NCCNC1CCCCCC1. The van der Waals surface area contributed by atoms with Gasteiger partial charge in [0.15, 0.2) is 0 Å². The molecule has 2 N–H and O–H groups in total. The third-order valence-electron chi connectivity index (χ3n) is 3.52. The van der Waals surface area contributed by atoms with Crippen molar-refractivity contribution in [3.8, 4) is 0 Å². The molecule has 19 heavy (non-hydrogen) atoms. The molecule has 0 heterocycles. The van der Waals surface area contributed by atoms with E-state index in [0.29, 0.717) is 19.1 Å². The monoisotopic (exact) mass is 270 g/mol. The average Bonchev–Trinajstić information content (AvgIpc) is 2.63. The van der Waals surface area contributed by atoms with Crippen molar-refractivity contribution in [3.63, 3.8) is 0 Å². The molecule has 1 amide bonds. The Kier molecular flexibility index (Phi) is 8.84. The van der Waals surface area contributed by atoms with Crippen LogP contribution in [-0.4, -0.2) is 37.7 Å². The molecule has 4 nitrogen and oxygen atoms in total. The van der Waals surface area contributed by atoms with Crippen LogP contribution in [-0.2, 0) is 9.53 Å². The van der Waals surface area contributed by atoms with Gasteiger partial charge >= 0.3 is 0 Å². The van der Waals surface area contributed by atoms with Crippen molar-refractivity contribution in [2.24, 2.45) is 0 Å². The number of amides is 1. The number of rotatable bonds is 8. The first-order valence-corrected chi connectivity index (χ1v) is 7.80. The van der Waals surface area contributed by atoms with Gasteiger partial charge < -0.3 is 15.4 Å². The zero-order valence-corrected chi connectivity index (χ0v) is 12.5. The van der Waals surface area contributed by atoms with E-state index in [-0.39, 0.29) is 12.0 Å². The number of hydrogen-bond acceptors (Lipinski definition) is 3. The Hall–Kier alpha value is -0.610. The maximum absolute atomic E-state index is 11.5. The first-order chi connectivity index (χ1) is 9.18. The lowest BCUT2D eigenvalue weighted by molar-refractivity contribution is -0.122. The van der Waals surface area contributed by atoms with E-state index in [9.17, 15) is 4.79 Å². The van der Waals surface area contributed by atoms with Crippen LogP contribution < -0.4 is 10.6 Å². The lowest BCUT2D eigenvalue weighted by Crippen LogP contribution is -2.37. The summed E-state index contributed by atoms with van der Waals surface area (Å²) < 4.78 is 5.35. The van der Waals surface area contributed by atoms with Crippen molar-refractivity contribution in [1.82, 2.24) is 10.6 Å². The topological polar surface area (TPSA) is 50.4 Å². The molecule has 1 fully saturated rings. The van der Waals surface area contributed by atoms with Crippen LogP contribution >= 0.6 is 0 Å². The minimum atomic E-state index is 0.0864. The molecule has 0 aromatic heterocycles. The number of ether oxygens (including phenoxy) is 1.